The summed E-state index contributed by atoms with van der Waals surface area (Å²) in [5.41, 5.74) is 0.620. The van der Waals surface area contributed by atoms with Crippen LogP contribution in [0.1, 0.15) is 6.92 Å². The highest BCUT2D eigenvalue weighted by Gasteiger charge is 2.37. The Balaban J connectivity index is 1.93. The molecular weight excluding hydrogens is 340 g/mol. The molecule has 0 aliphatic carbocycles. The Morgan fingerprint density at radius 2 is 2.14 bits per heavy atom. The number of benzene rings is 1. The zero-order valence-electron chi connectivity index (χ0n) is 11.8. The molecule has 1 heterocycles. The number of rotatable bonds is 4. The van der Waals surface area contributed by atoms with Crippen molar-refractivity contribution in [3.63, 3.8) is 0 Å². The van der Waals surface area contributed by atoms with Crippen LogP contribution in [0.15, 0.2) is 22.7 Å². The van der Waals surface area contributed by atoms with Gasteiger partial charge in [0.05, 0.1) is 18.7 Å². The fourth-order valence-electron chi connectivity index (χ4n) is 2.12. The summed E-state index contributed by atoms with van der Waals surface area (Å²) in [5, 5.41) is 11.7. The lowest BCUT2D eigenvalue weighted by Crippen LogP contribution is -2.54. The Morgan fingerprint density at radius 1 is 1.48 bits per heavy atom. The van der Waals surface area contributed by atoms with Crippen molar-refractivity contribution in [3.8, 4) is 5.75 Å². The van der Waals surface area contributed by atoms with Gasteiger partial charge in [0.2, 0.25) is 0 Å². The molecule has 1 unspecified atom stereocenters. The van der Waals surface area contributed by atoms with Crippen molar-refractivity contribution in [1.82, 2.24) is 4.90 Å². The Hall–Kier alpha value is -1.76. The summed E-state index contributed by atoms with van der Waals surface area (Å²) in [5.74, 6) is -0.593. The fraction of sp³-hybridized carbons (Fsp3) is 0.429. The number of carbonyl (C=O) groups excluding carboxylic acids is 1. The first kappa shape index (κ1) is 15.6. The van der Waals surface area contributed by atoms with E-state index in [1.54, 1.807) is 37.1 Å². The molecule has 6 nitrogen and oxygen atoms in total. The Kier molecular flexibility index (Phi) is 4.72. The van der Waals surface area contributed by atoms with Gasteiger partial charge in [-0.15, -0.1) is 0 Å². The highest BCUT2D eigenvalue weighted by atomic mass is 79.9. The van der Waals surface area contributed by atoms with E-state index in [1.807, 2.05) is 0 Å². The lowest BCUT2D eigenvalue weighted by atomic mass is 9.87. The Morgan fingerprint density at radius 3 is 2.71 bits per heavy atom. The molecule has 114 valence electrons. The van der Waals surface area contributed by atoms with Crippen LogP contribution in [-0.4, -0.2) is 42.2 Å². The van der Waals surface area contributed by atoms with E-state index in [-0.39, 0.29) is 11.9 Å². The average Bonchev–Trinajstić information content (AvgIpc) is 2.39. The average molecular weight is 357 g/mol. The summed E-state index contributed by atoms with van der Waals surface area (Å²) in [6.45, 7) is 2.59. The van der Waals surface area contributed by atoms with Gasteiger partial charge in [-0.1, -0.05) is 6.92 Å². The minimum Gasteiger partial charge on any atom is -0.497 e. The van der Waals surface area contributed by atoms with Gasteiger partial charge >= 0.3 is 12.0 Å². The van der Waals surface area contributed by atoms with E-state index in [1.165, 1.54) is 0 Å². The molecule has 1 atom stereocenters. The summed E-state index contributed by atoms with van der Waals surface area (Å²) in [6.07, 6.45) is 0. The lowest BCUT2D eigenvalue weighted by Gasteiger charge is -2.41. The lowest BCUT2D eigenvalue weighted by molar-refractivity contribution is -0.144. The van der Waals surface area contributed by atoms with E-state index < -0.39 is 11.9 Å². The zero-order chi connectivity index (χ0) is 15.6. The predicted molar refractivity (Wildman–Crippen MR) is 81.6 cm³/mol. The van der Waals surface area contributed by atoms with Crippen LogP contribution in [-0.2, 0) is 4.79 Å². The third kappa shape index (κ3) is 3.47. The highest BCUT2D eigenvalue weighted by Crippen LogP contribution is 2.29. The molecule has 21 heavy (non-hydrogen) atoms. The van der Waals surface area contributed by atoms with Gasteiger partial charge in [0.1, 0.15) is 5.75 Å². The number of anilines is 1. The van der Waals surface area contributed by atoms with Gasteiger partial charge in [-0.2, -0.15) is 0 Å². The van der Waals surface area contributed by atoms with Crippen molar-refractivity contribution in [2.24, 2.45) is 11.8 Å². The van der Waals surface area contributed by atoms with Crippen molar-refractivity contribution in [3.05, 3.63) is 22.7 Å². The second kappa shape index (κ2) is 6.34. The monoisotopic (exact) mass is 356 g/mol. The maximum atomic E-state index is 12.1. The van der Waals surface area contributed by atoms with Gasteiger partial charge in [0, 0.05) is 29.5 Å². The molecule has 1 aliphatic heterocycles. The van der Waals surface area contributed by atoms with Gasteiger partial charge in [-0.05, 0) is 28.1 Å². The molecular formula is C14H17BrN2O4. The summed E-state index contributed by atoms with van der Waals surface area (Å²) in [4.78, 5) is 24.6. The van der Waals surface area contributed by atoms with Gasteiger partial charge in [-0.3, -0.25) is 4.79 Å². The molecule has 0 radical (unpaired) electrons. The molecule has 1 fully saturated rings. The van der Waals surface area contributed by atoms with E-state index in [9.17, 15) is 9.59 Å². The van der Waals surface area contributed by atoms with Gasteiger partial charge in [0.25, 0.3) is 0 Å². The van der Waals surface area contributed by atoms with E-state index in [0.717, 1.165) is 4.47 Å². The Labute approximate surface area is 131 Å². The molecule has 0 saturated carbocycles. The van der Waals surface area contributed by atoms with Crippen LogP contribution < -0.4 is 10.1 Å². The molecule has 7 heteroatoms. The van der Waals surface area contributed by atoms with Crippen LogP contribution >= 0.6 is 15.9 Å². The number of urea groups is 1. The van der Waals surface area contributed by atoms with E-state index >= 15 is 0 Å². The number of nitrogens with one attached hydrogen (secondary N) is 1. The molecule has 2 rings (SSSR count). The normalized spacial score (nSPS) is 16.0. The number of hydrogen-bond donors (Lipinski definition) is 2. The van der Waals surface area contributed by atoms with Crippen molar-refractivity contribution in [1.29, 1.82) is 0 Å². The number of halogens is 1. The molecule has 1 saturated heterocycles. The van der Waals surface area contributed by atoms with E-state index in [0.29, 0.717) is 24.5 Å². The number of carbonyl (C=O) groups is 2. The van der Waals surface area contributed by atoms with Crippen LogP contribution in [0.3, 0.4) is 0 Å². The van der Waals surface area contributed by atoms with Crippen LogP contribution in [0.2, 0.25) is 0 Å². The number of methoxy groups -OCH3 is 1. The summed E-state index contributed by atoms with van der Waals surface area (Å²) in [7, 11) is 1.56. The van der Waals surface area contributed by atoms with Crippen LogP contribution in [0.5, 0.6) is 5.75 Å². The quantitative estimate of drug-likeness (QED) is 0.868. The third-order valence-corrected chi connectivity index (χ3v) is 4.40. The first-order valence-corrected chi connectivity index (χ1v) is 7.34. The van der Waals surface area contributed by atoms with Gasteiger partial charge < -0.3 is 20.1 Å². The number of ether oxygens (including phenoxy) is 1. The molecule has 2 N–H and O–H groups in total. The SMILES string of the molecule is COc1ccc(Br)c(NC(=O)N2CC(C(C)C(=O)O)C2)c1. The maximum absolute atomic E-state index is 12.1. The van der Waals surface area contributed by atoms with Crippen LogP contribution in [0.4, 0.5) is 10.5 Å². The van der Waals surface area contributed by atoms with Crippen molar-refractivity contribution < 1.29 is 19.4 Å². The number of aliphatic carboxylic acids is 1. The number of hydrogen-bond acceptors (Lipinski definition) is 3. The van der Waals surface area contributed by atoms with Gasteiger partial charge in [0.15, 0.2) is 0 Å². The molecule has 1 aromatic carbocycles. The summed E-state index contributed by atoms with van der Waals surface area (Å²) >= 11 is 3.36. The molecule has 0 aromatic heterocycles. The first-order chi connectivity index (χ1) is 9.92. The highest BCUT2D eigenvalue weighted by molar-refractivity contribution is 9.10. The largest absolute Gasteiger partial charge is 0.497 e. The number of carboxylic acid groups (broad SMARTS) is 1. The number of carboxylic acids is 1. The number of nitrogens with zero attached hydrogens (tertiary/aromatic N) is 1. The second-order valence-corrected chi connectivity index (χ2v) is 5.92. The third-order valence-electron chi connectivity index (χ3n) is 3.71. The smallest absolute Gasteiger partial charge is 0.321 e. The second-order valence-electron chi connectivity index (χ2n) is 5.07. The minimum absolute atomic E-state index is 0.0157. The van der Waals surface area contributed by atoms with Gasteiger partial charge in [-0.25, -0.2) is 4.79 Å². The topological polar surface area (TPSA) is 78.9 Å². The van der Waals surface area contributed by atoms with Crippen LogP contribution in [0, 0.1) is 11.8 Å². The zero-order valence-corrected chi connectivity index (χ0v) is 13.4. The standard InChI is InChI=1S/C14H17BrN2O4/c1-8(13(18)19)9-6-17(7-9)14(20)16-12-5-10(21-2)3-4-11(12)15/h3-5,8-9H,6-7H2,1-2H3,(H,16,20)(H,18,19). The summed E-state index contributed by atoms with van der Waals surface area (Å²) < 4.78 is 5.87. The molecule has 1 aromatic rings. The van der Waals surface area contributed by atoms with Crippen molar-refractivity contribution >= 4 is 33.6 Å². The fourth-order valence-corrected chi connectivity index (χ4v) is 2.46. The van der Waals surface area contributed by atoms with E-state index in [4.69, 9.17) is 9.84 Å². The number of likely N-dealkylation sites (tertiary alicyclic amines) is 1. The van der Waals surface area contributed by atoms with Crippen LogP contribution in [0.25, 0.3) is 0 Å². The maximum Gasteiger partial charge on any atom is 0.321 e. The summed E-state index contributed by atoms with van der Waals surface area (Å²) in [6, 6.07) is 5.06. The molecule has 0 spiro atoms. The van der Waals surface area contributed by atoms with E-state index in [2.05, 4.69) is 21.2 Å². The molecule has 2 amide bonds. The van der Waals surface area contributed by atoms with Crippen molar-refractivity contribution in [2.45, 2.75) is 6.92 Å². The first-order valence-electron chi connectivity index (χ1n) is 6.54. The predicted octanol–water partition coefficient (Wildman–Crippen LogP) is 2.64. The Bertz CT molecular complexity index is 558. The number of amides is 2. The van der Waals surface area contributed by atoms with Crippen molar-refractivity contribution in [2.75, 3.05) is 25.5 Å². The minimum atomic E-state index is -0.824. The molecule has 1 aliphatic rings. The molecule has 0 bridgehead atoms.